The minimum Gasteiger partial charge on any atom is -0.454 e. The molecule has 7 heteroatoms. The molecule has 0 saturated heterocycles. The summed E-state index contributed by atoms with van der Waals surface area (Å²) in [5, 5.41) is 6.96. The lowest BCUT2D eigenvalue weighted by atomic mass is 10.3. The molecule has 1 unspecified atom stereocenters. The zero-order chi connectivity index (χ0) is 15.9. The summed E-state index contributed by atoms with van der Waals surface area (Å²) < 4.78 is 13.3. The highest BCUT2D eigenvalue weighted by Gasteiger charge is 2.15. The Bertz CT molecular complexity index is 613. The minimum atomic E-state index is -0.411. The number of benzene rings is 1. The van der Waals surface area contributed by atoms with E-state index >= 15 is 0 Å². The highest BCUT2D eigenvalue weighted by molar-refractivity contribution is 14.1. The van der Waals surface area contributed by atoms with Gasteiger partial charge in [0.05, 0.1) is 19.0 Å². The number of nitrogens with zero attached hydrogens (tertiary/aromatic N) is 2. The molecule has 0 fully saturated rings. The lowest BCUT2D eigenvalue weighted by Gasteiger charge is -2.12. The van der Waals surface area contributed by atoms with Crippen LogP contribution in [0.3, 0.4) is 0 Å². The number of hydrogen-bond acceptors (Lipinski definition) is 4. The van der Waals surface area contributed by atoms with Crippen LogP contribution >= 0.6 is 22.6 Å². The van der Waals surface area contributed by atoms with E-state index < -0.39 is 6.04 Å². The van der Waals surface area contributed by atoms with E-state index in [0.717, 1.165) is 9.32 Å². The van der Waals surface area contributed by atoms with E-state index in [2.05, 4.69) is 33.0 Å². The first-order valence-corrected chi connectivity index (χ1v) is 7.92. The summed E-state index contributed by atoms with van der Waals surface area (Å²) in [6.45, 7) is 2.75. The molecule has 1 amide bonds. The first kappa shape index (κ1) is 16.8. The van der Waals surface area contributed by atoms with E-state index in [0.29, 0.717) is 18.9 Å². The molecule has 2 rings (SSSR count). The number of rotatable bonds is 7. The molecule has 0 aliphatic rings. The van der Waals surface area contributed by atoms with Crippen molar-refractivity contribution in [1.29, 1.82) is 0 Å². The fraction of sp³-hybridized carbons (Fsp3) is 0.333. The first-order valence-electron chi connectivity index (χ1n) is 6.84. The maximum absolute atomic E-state index is 12.0. The van der Waals surface area contributed by atoms with Gasteiger partial charge in [-0.25, -0.2) is 0 Å². The Morgan fingerprint density at radius 3 is 2.77 bits per heavy atom. The molecule has 0 spiro atoms. The van der Waals surface area contributed by atoms with Crippen LogP contribution in [0.25, 0.3) is 0 Å². The Kier molecular flexibility index (Phi) is 6.20. The molecule has 1 aromatic carbocycles. The standard InChI is InChI=1S/C15H18IN3O3/c1-11(15(20)17-7-8-21-2)19-10-14(9-18-19)22-13-5-3-12(16)4-6-13/h3-6,9-11H,7-8H2,1-2H3,(H,17,20). The SMILES string of the molecule is COCCNC(=O)C(C)n1cc(Oc2ccc(I)cc2)cn1. The van der Waals surface area contributed by atoms with Crippen molar-refractivity contribution in [3.8, 4) is 11.5 Å². The van der Waals surface area contributed by atoms with Crippen molar-refractivity contribution in [2.45, 2.75) is 13.0 Å². The Morgan fingerprint density at radius 2 is 2.09 bits per heavy atom. The fourth-order valence-electron chi connectivity index (χ4n) is 1.77. The third kappa shape index (κ3) is 4.70. The summed E-state index contributed by atoms with van der Waals surface area (Å²) in [6, 6.07) is 7.30. The molecule has 0 aliphatic carbocycles. The quantitative estimate of drug-likeness (QED) is 0.558. The Morgan fingerprint density at radius 1 is 1.36 bits per heavy atom. The van der Waals surface area contributed by atoms with Crippen LogP contribution < -0.4 is 10.1 Å². The number of ether oxygens (including phenoxy) is 2. The van der Waals surface area contributed by atoms with Gasteiger partial charge in [0.15, 0.2) is 5.75 Å². The van der Waals surface area contributed by atoms with Crippen LogP contribution in [0.5, 0.6) is 11.5 Å². The third-order valence-electron chi connectivity index (χ3n) is 3.01. The van der Waals surface area contributed by atoms with Gasteiger partial charge in [-0.05, 0) is 53.8 Å². The Labute approximate surface area is 142 Å². The zero-order valence-corrected chi connectivity index (χ0v) is 14.6. The second-order valence-electron chi connectivity index (χ2n) is 4.67. The fourth-order valence-corrected chi connectivity index (χ4v) is 2.13. The van der Waals surface area contributed by atoms with E-state index in [1.165, 1.54) is 0 Å². The van der Waals surface area contributed by atoms with Crippen molar-refractivity contribution in [3.05, 3.63) is 40.2 Å². The molecule has 2 aromatic rings. The molecule has 1 N–H and O–H groups in total. The van der Waals surface area contributed by atoms with Gasteiger partial charge in [0, 0.05) is 17.2 Å². The molecular weight excluding hydrogens is 397 g/mol. The van der Waals surface area contributed by atoms with Gasteiger partial charge in [-0.3, -0.25) is 9.48 Å². The predicted octanol–water partition coefficient (Wildman–Crippen LogP) is 2.60. The van der Waals surface area contributed by atoms with Crippen LogP contribution in [-0.4, -0.2) is 35.9 Å². The van der Waals surface area contributed by atoms with Crippen LogP contribution in [0.2, 0.25) is 0 Å². The minimum absolute atomic E-state index is 0.110. The van der Waals surface area contributed by atoms with Gasteiger partial charge in [0.1, 0.15) is 11.8 Å². The van der Waals surface area contributed by atoms with Crippen molar-refractivity contribution in [3.63, 3.8) is 0 Å². The van der Waals surface area contributed by atoms with E-state index in [1.54, 1.807) is 31.1 Å². The van der Waals surface area contributed by atoms with E-state index in [4.69, 9.17) is 9.47 Å². The predicted molar refractivity (Wildman–Crippen MR) is 91.1 cm³/mol. The number of carbonyl (C=O) groups excluding carboxylic acids is 1. The van der Waals surface area contributed by atoms with Gasteiger partial charge >= 0.3 is 0 Å². The molecular formula is C15H18IN3O3. The second kappa shape index (κ2) is 8.14. The first-order chi connectivity index (χ1) is 10.6. The van der Waals surface area contributed by atoms with Crippen LogP contribution in [0.4, 0.5) is 0 Å². The van der Waals surface area contributed by atoms with Crippen LogP contribution in [0.1, 0.15) is 13.0 Å². The van der Waals surface area contributed by atoms with Crippen LogP contribution in [0, 0.1) is 3.57 Å². The molecule has 0 aliphatic heterocycles. The average molecular weight is 415 g/mol. The van der Waals surface area contributed by atoms with Crippen molar-refractivity contribution >= 4 is 28.5 Å². The van der Waals surface area contributed by atoms with E-state index in [1.807, 2.05) is 24.3 Å². The average Bonchev–Trinajstić information content (AvgIpc) is 2.97. The normalized spacial score (nSPS) is 12.0. The zero-order valence-electron chi connectivity index (χ0n) is 12.5. The summed E-state index contributed by atoms with van der Waals surface area (Å²) >= 11 is 2.24. The van der Waals surface area contributed by atoms with Gasteiger partial charge in [-0.2, -0.15) is 5.10 Å². The smallest absolute Gasteiger partial charge is 0.244 e. The number of carbonyl (C=O) groups is 1. The number of amides is 1. The molecule has 0 saturated carbocycles. The molecule has 1 heterocycles. The van der Waals surface area contributed by atoms with Gasteiger partial charge in [0.25, 0.3) is 0 Å². The van der Waals surface area contributed by atoms with Crippen LogP contribution in [0.15, 0.2) is 36.7 Å². The lowest BCUT2D eigenvalue weighted by molar-refractivity contribution is -0.124. The van der Waals surface area contributed by atoms with Crippen molar-refractivity contribution in [1.82, 2.24) is 15.1 Å². The number of nitrogens with one attached hydrogen (secondary N) is 1. The van der Waals surface area contributed by atoms with Gasteiger partial charge in [-0.1, -0.05) is 0 Å². The summed E-state index contributed by atoms with van der Waals surface area (Å²) in [5.74, 6) is 1.22. The molecule has 0 bridgehead atoms. The lowest BCUT2D eigenvalue weighted by Crippen LogP contribution is -2.33. The largest absolute Gasteiger partial charge is 0.454 e. The Hall–Kier alpha value is -1.61. The van der Waals surface area contributed by atoms with E-state index in [-0.39, 0.29) is 5.91 Å². The number of hydrogen-bond donors (Lipinski definition) is 1. The molecule has 1 aromatic heterocycles. The summed E-state index contributed by atoms with van der Waals surface area (Å²) in [7, 11) is 1.59. The maximum Gasteiger partial charge on any atom is 0.244 e. The topological polar surface area (TPSA) is 65.4 Å². The maximum atomic E-state index is 12.0. The molecule has 118 valence electrons. The summed E-state index contributed by atoms with van der Waals surface area (Å²) in [6.07, 6.45) is 3.30. The van der Waals surface area contributed by atoms with Crippen molar-refractivity contribution in [2.24, 2.45) is 0 Å². The van der Waals surface area contributed by atoms with Gasteiger partial charge < -0.3 is 14.8 Å². The Balaban J connectivity index is 1.95. The summed E-state index contributed by atoms with van der Waals surface area (Å²) in [4.78, 5) is 12.0. The number of methoxy groups -OCH3 is 1. The van der Waals surface area contributed by atoms with Crippen LogP contribution in [-0.2, 0) is 9.53 Å². The number of aromatic nitrogens is 2. The molecule has 0 radical (unpaired) electrons. The number of halogens is 1. The third-order valence-corrected chi connectivity index (χ3v) is 3.73. The van der Waals surface area contributed by atoms with Gasteiger partial charge in [-0.15, -0.1) is 0 Å². The molecule has 22 heavy (non-hydrogen) atoms. The summed E-state index contributed by atoms with van der Waals surface area (Å²) in [5.41, 5.74) is 0. The second-order valence-corrected chi connectivity index (χ2v) is 5.92. The molecule has 6 nitrogen and oxygen atoms in total. The molecule has 1 atom stereocenters. The van der Waals surface area contributed by atoms with Crippen molar-refractivity contribution in [2.75, 3.05) is 20.3 Å². The van der Waals surface area contributed by atoms with Gasteiger partial charge in [0.2, 0.25) is 5.91 Å². The van der Waals surface area contributed by atoms with Crippen molar-refractivity contribution < 1.29 is 14.3 Å². The van der Waals surface area contributed by atoms with E-state index in [9.17, 15) is 4.79 Å². The highest BCUT2D eigenvalue weighted by Crippen LogP contribution is 2.22. The highest BCUT2D eigenvalue weighted by atomic mass is 127. The monoisotopic (exact) mass is 415 g/mol.